The molecule has 0 amide bonds. The summed E-state index contributed by atoms with van der Waals surface area (Å²) in [4.78, 5) is 0. The SMILES string of the molecule is COc1cc(C(N)CO)c(Br)c2ccoc12. The predicted molar refractivity (Wildman–Crippen MR) is 64.5 cm³/mol. The number of hydrogen-bond acceptors (Lipinski definition) is 4. The topological polar surface area (TPSA) is 68.6 Å². The third kappa shape index (κ3) is 1.71. The molecule has 16 heavy (non-hydrogen) atoms. The second-order valence-electron chi connectivity index (χ2n) is 3.43. The molecule has 0 spiro atoms. The Hall–Kier alpha value is -1.04. The number of benzene rings is 1. The first-order valence-electron chi connectivity index (χ1n) is 4.79. The van der Waals surface area contributed by atoms with Crippen LogP contribution in [0.4, 0.5) is 0 Å². The minimum Gasteiger partial charge on any atom is -0.493 e. The molecule has 2 aromatic rings. The molecular formula is C11H12BrNO3. The lowest BCUT2D eigenvalue weighted by Crippen LogP contribution is -2.15. The highest BCUT2D eigenvalue weighted by atomic mass is 79.9. The monoisotopic (exact) mass is 285 g/mol. The quantitative estimate of drug-likeness (QED) is 0.907. The highest BCUT2D eigenvalue weighted by Crippen LogP contribution is 2.37. The summed E-state index contributed by atoms with van der Waals surface area (Å²) in [7, 11) is 1.57. The van der Waals surface area contributed by atoms with Gasteiger partial charge in [-0.2, -0.15) is 0 Å². The molecule has 1 aromatic heterocycles. The molecule has 0 fully saturated rings. The van der Waals surface area contributed by atoms with E-state index in [-0.39, 0.29) is 6.61 Å². The summed E-state index contributed by atoms with van der Waals surface area (Å²) >= 11 is 3.46. The van der Waals surface area contributed by atoms with Crippen LogP contribution in [-0.2, 0) is 0 Å². The van der Waals surface area contributed by atoms with Gasteiger partial charge in [0, 0.05) is 9.86 Å². The molecule has 0 aliphatic rings. The van der Waals surface area contributed by atoms with Crippen molar-refractivity contribution >= 4 is 26.9 Å². The molecule has 4 nitrogen and oxygen atoms in total. The summed E-state index contributed by atoms with van der Waals surface area (Å²) in [6, 6.07) is 3.16. The van der Waals surface area contributed by atoms with Crippen LogP contribution >= 0.6 is 15.9 Å². The lowest BCUT2D eigenvalue weighted by atomic mass is 10.1. The van der Waals surface area contributed by atoms with E-state index in [1.165, 1.54) is 0 Å². The molecule has 3 N–H and O–H groups in total. The molecule has 0 aliphatic carbocycles. The molecule has 0 bridgehead atoms. The van der Waals surface area contributed by atoms with Gasteiger partial charge in [0.2, 0.25) is 0 Å². The average molecular weight is 286 g/mol. The van der Waals surface area contributed by atoms with Crippen molar-refractivity contribution in [3.05, 3.63) is 28.4 Å². The van der Waals surface area contributed by atoms with Crippen molar-refractivity contribution in [3.8, 4) is 5.75 Å². The Labute approximate surface area is 101 Å². The van der Waals surface area contributed by atoms with Crippen molar-refractivity contribution in [3.63, 3.8) is 0 Å². The Bertz CT molecular complexity index is 509. The first kappa shape index (κ1) is 11.4. The number of rotatable bonds is 3. The summed E-state index contributed by atoms with van der Waals surface area (Å²) in [5.74, 6) is 0.613. The van der Waals surface area contributed by atoms with E-state index in [4.69, 9.17) is 20.0 Å². The van der Waals surface area contributed by atoms with Gasteiger partial charge in [0.25, 0.3) is 0 Å². The maximum atomic E-state index is 9.09. The van der Waals surface area contributed by atoms with Gasteiger partial charge in [-0.1, -0.05) is 0 Å². The first-order valence-corrected chi connectivity index (χ1v) is 5.58. The standard InChI is InChI=1S/C11H12BrNO3/c1-15-9-4-7(8(13)5-14)10(12)6-2-3-16-11(6)9/h2-4,8,14H,5,13H2,1H3. The number of halogens is 1. The normalized spacial score (nSPS) is 13.0. The molecule has 0 saturated carbocycles. The largest absolute Gasteiger partial charge is 0.493 e. The van der Waals surface area contributed by atoms with Crippen LogP contribution in [0.1, 0.15) is 11.6 Å². The smallest absolute Gasteiger partial charge is 0.176 e. The van der Waals surface area contributed by atoms with Crippen molar-refractivity contribution in [1.82, 2.24) is 0 Å². The summed E-state index contributed by atoms with van der Waals surface area (Å²) < 4.78 is 11.4. The van der Waals surface area contributed by atoms with Crippen LogP contribution in [0.25, 0.3) is 11.0 Å². The van der Waals surface area contributed by atoms with Crippen LogP contribution in [0.3, 0.4) is 0 Å². The minimum absolute atomic E-state index is 0.120. The third-order valence-corrected chi connectivity index (χ3v) is 3.37. The van der Waals surface area contributed by atoms with Gasteiger partial charge >= 0.3 is 0 Å². The molecule has 1 atom stereocenters. The number of hydrogen-bond donors (Lipinski definition) is 2. The zero-order valence-electron chi connectivity index (χ0n) is 8.74. The Balaban J connectivity index is 2.70. The van der Waals surface area contributed by atoms with Crippen molar-refractivity contribution < 1.29 is 14.3 Å². The molecule has 2 rings (SSSR count). The molecule has 1 aromatic carbocycles. The van der Waals surface area contributed by atoms with E-state index in [2.05, 4.69) is 15.9 Å². The molecule has 0 aliphatic heterocycles. The van der Waals surface area contributed by atoms with Gasteiger partial charge < -0.3 is 20.0 Å². The Morgan fingerprint density at radius 2 is 2.38 bits per heavy atom. The molecular weight excluding hydrogens is 274 g/mol. The minimum atomic E-state index is -0.442. The van der Waals surface area contributed by atoms with E-state index >= 15 is 0 Å². The Morgan fingerprint density at radius 1 is 1.62 bits per heavy atom. The second kappa shape index (κ2) is 4.45. The highest BCUT2D eigenvalue weighted by Gasteiger charge is 2.17. The fourth-order valence-corrected chi connectivity index (χ4v) is 2.34. The Kier molecular flexibility index (Phi) is 3.18. The maximum absolute atomic E-state index is 9.09. The van der Waals surface area contributed by atoms with Crippen molar-refractivity contribution in [2.45, 2.75) is 6.04 Å². The van der Waals surface area contributed by atoms with Crippen molar-refractivity contribution in [2.75, 3.05) is 13.7 Å². The van der Waals surface area contributed by atoms with Gasteiger partial charge in [-0.05, 0) is 33.6 Å². The molecule has 1 unspecified atom stereocenters. The van der Waals surface area contributed by atoms with Gasteiger partial charge in [-0.15, -0.1) is 0 Å². The fourth-order valence-electron chi connectivity index (χ4n) is 1.62. The van der Waals surface area contributed by atoms with Crippen LogP contribution in [-0.4, -0.2) is 18.8 Å². The van der Waals surface area contributed by atoms with E-state index < -0.39 is 6.04 Å². The van der Waals surface area contributed by atoms with Crippen LogP contribution < -0.4 is 10.5 Å². The number of nitrogens with two attached hydrogens (primary N) is 1. The molecule has 0 radical (unpaired) electrons. The fraction of sp³-hybridized carbons (Fsp3) is 0.273. The van der Waals surface area contributed by atoms with Gasteiger partial charge in [0.15, 0.2) is 11.3 Å². The van der Waals surface area contributed by atoms with Gasteiger partial charge in [0.1, 0.15) is 0 Å². The number of ether oxygens (including phenoxy) is 1. The highest BCUT2D eigenvalue weighted by molar-refractivity contribution is 9.10. The lowest BCUT2D eigenvalue weighted by Gasteiger charge is -2.13. The van der Waals surface area contributed by atoms with E-state index in [9.17, 15) is 0 Å². The van der Waals surface area contributed by atoms with Crippen LogP contribution in [0.15, 0.2) is 27.3 Å². The second-order valence-corrected chi connectivity index (χ2v) is 4.23. The Morgan fingerprint density at radius 3 is 3.00 bits per heavy atom. The van der Waals surface area contributed by atoms with E-state index in [1.807, 2.05) is 6.07 Å². The molecule has 0 saturated heterocycles. The summed E-state index contributed by atoms with van der Waals surface area (Å²) in [6.45, 7) is -0.120. The average Bonchev–Trinajstić information content (AvgIpc) is 2.78. The van der Waals surface area contributed by atoms with E-state index in [0.29, 0.717) is 11.3 Å². The van der Waals surface area contributed by atoms with E-state index in [0.717, 1.165) is 15.4 Å². The summed E-state index contributed by atoms with van der Waals surface area (Å²) in [5, 5.41) is 9.98. The molecule has 5 heteroatoms. The van der Waals surface area contributed by atoms with Gasteiger partial charge in [-0.3, -0.25) is 0 Å². The van der Waals surface area contributed by atoms with Gasteiger partial charge in [0.05, 0.1) is 26.0 Å². The number of aliphatic hydroxyl groups excluding tert-OH is 1. The van der Waals surface area contributed by atoms with Crippen molar-refractivity contribution in [1.29, 1.82) is 0 Å². The molecule has 86 valence electrons. The zero-order valence-corrected chi connectivity index (χ0v) is 10.3. The van der Waals surface area contributed by atoms with Crippen LogP contribution in [0, 0.1) is 0 Å². The van der Waals surface area contributed by atoms with Crippen LogP contribution in [0.2, 0.25) is 0 Å². The number of fused-ring (bicyclic) bond motifs is 1. The predicted octanol–water partition coefficient (Wildman–Crippen LogP) is 2.20. The van der Waals surface area contributed by atoms with E-state index in [1.54, 1.807) is 19.4 Å². The van der Waals surface area contributed by atoms with Gasteiger partial charge in [-0.25, -0.2) is 0 Å². The zero-order chi connectivity index (χ0) is 11.7. The van der Waals surface area contributed by atoms with Crippen LogP contribution in [0.5, 0.6) is 5.75 Å². The third-order valence-electron chi connectivity index (χ3n) is 2.48. The maximum Gasteiger partial charge on any atom is 0.176 e. The molecule has 1 heterocycles. The summed E-state index contributed by atoms with van der Waals surface area (Å²) in [6.07, 6.45) is 1.59. The first-order chi connectivity index (χ1) is 7.69. The lowest BCUT2D eigenvalue weighted by molar-refractivity contribution is 0.267. The number of methoxy groups -OCH3 is 1. The van der Waals surface area contributed by atoms with Crippen molar-refractivity contribution in [2.24, 2.45) is 5.73 Å². The number of furan rings is 1. The number of aliphatic hydroxyl groups is 1. The summed E-state index contributed by atoms with van der Waals surface area (Å²) in [5.41, 5.74) is 7.28.